The molecular weight excluding hydrogens is 319 g/mol. The van der Waals surface area contributed by atoms with Crippen LogP contribution in [0.15, 0.2) is 36.4 Å². The molecule has 104 valence electrons. The predicted octanol–water partition coefficient (Wildman–Crippen LogP) is 5.22. The second-order valence-corrected chi connectivity index (χ2v) is 5.52. The van der Waals surface area contributed by atoms with Gasteiger partial charge < -0.3 is 4.74 Å². The number of carbonyl (C=O) groups excluding carboxylic acids is 1. The highest BCUT2D eigenvalue weighted by atomic mass is 35.5. The zero-order valence-corrected chi connectivity index (χ0v) is 12.9. The minimum absolute atomic E-state index is 0.134. The summed E-state index contributed by atoms with van der Waals surface area (Å²) in [5.41, 5.74) is 1.38. The van der Waals surface area contributed by atoms with Crippen LogP contribution < -0.4 is 4.74 Å². The van der Waals surface area contributed by atoms with Crippen LogP contribution in [0.2, 0.25) is 15.1 Å². The average molecular weight is 330 g/mol. The summed E-state index contributed by atoms with van der Waals surface area (Å²) >= 11 is 17.8. The Labute approximate surface area is 132 Å². The lowest BCUT2D eigenvalue weighted by Crippen LogP contribution is -2.12. The lowest BCUT2D eigenvalue weighted by atomic mass is 10.1. The lowest BCUT2D eigenvalue weighted by Gasteiger charge is -2.09. The lowest BCUT2D eigenvalue weighted by molar-refractivity contribution is 0.0921. The van der Waals surface area contributed by atoms with Gasteiger partial charge >= 0.3 is 0 Å². The highest BCUT2D eigenvalue weighted by molar-refractivity contribution is 6.36. The fourth-order valence-corrected chi connectivity index (χ4v) is 2.34. The molecule has 2 rings (SSSR count). The minimum Gasteiger partial charge on any atom is -0.484 e. The van der Waals surface area contributed by atoms with E-state index in [0.717, 1.165) is 5.56 Å². The monoisotopic (exact) mass is 328 g/mol. The molecule has 2 aromatic carbocycles. The average Bonchev–Trinajstić information content (AvgIpc) is 2.39. The first-order valence-electron chi connectivity index (χ1n) is 5.84. The maximum Gasteiger partial charge on any atom is 0.201 e. The van der Waals surface area contributed by atoms with E-state index in [4.69, 9.17) is 39.5 Å². The summed E-state index contributed by atoms with van der Waals surface area (Å²) in [5, 5.41) is 1.25. The zero-order valence-electron chi connectivity index (χ0n) is 10.6. The molecule has 0 aliphatic rings. The van der Waals surface area contributed by atoms with Crippen LogP contribution in [0.3, 0.4) is 0 Å². The molecule has 2 aromatic rings. The van der Waals surface area contributed by atoms with Gasteiger partial charge in [0.25, 0.3) is 0 Å². The van der Waals surface area contributed by atoms with Crippen molar-refractivity contribution < 1.29 is 9.53 Å². The molecule has 2 nitrogen and oxygen atoms in total. The summed E-state index contributed by atoms with van der Waals surface area (Å²) in [7, 11) is 0. The maximum absolute atomic E-state index is 12.1. The van der Waals surface area contributed by atoms with Gasteiger partial charge in [-0.3, -0.25) is 4.79 Å². The molecule has 0 fully saturated rings. The van der Waals surface area contributed by atoms with Gasteiger partial charge in [-0.25, -0.2) is 0 Å². The second kappa shape index (κ2) is 6.49. The van der Waals surface area contributed by atoms with Crippen molar-refractivity contribution in [3.05, 3.63) is 62.6 Å². The molecule has 20 heavy (non-hydrogen) atoms. The fraction of sp³-hybridized carbons (Fsp3) is 0.133. The molecule has 0 amide bonds. The van der Waals surface area contributed by atoms with Gasteiger partial charge in [-0.05, 0) is 42.8 Å². The summed E-state index contributed by atoms with van der Waals surface area (Å²) in [6, 6.07) is 10.1. The summed E-state index contributed by atoms with van der Waals surface area (Å²) in [4.78, 5) is 12.1. The molecule has 0 aliphatic heterocycles. The van der Waals surface area contributed by atoms with Crippen molar-refractivity contribution in [3.8, 4) is 5.75 Å². The van der Waals surface area contributed by atoms with E-state index < -0.39 is 0 Å². The smallest absolute Gasteiger partial charge is 0.201 e. The number of ether oxygens (including phenoxy) is 1. The van der Waals surface area contributed by atoms with E-state index in [2.05, 4.69) is 0 Å². The Hall–Kier alpha value is -1.22. The zero-order chi connectivity index (χ0) is 14.7. The van der Waals surface area contributed by atoms with E-state index in [-0.39, 0.29) is 12.4 Å². The van der Waals surface area contributed by atoms with Crippen molar-refractivity contribution >= 4 is 40.6 Å². The van der Waals surface area contributed by atoms with Gasteiger partial charge in [0, 0.05) is 10.6 Å². The van der Waals surface area contributed by atoms with Crippen LogP contribution in [-0.4, -0.2) is 12.4 Å². The molecule has 0 aromatic heterocycles. The summed E-state index contributed by atoms with van der Waals surface area (Å²) < 4.78 is 5.45. The van der Waals surface area contributed by atoms with Crippen molar-refractivity contribution in [3.63, 3.8) is 0 Å². The van der Waals surface area contributed by atoms with Gasteiger partial charge in [-0.15, -0.1) is 0 Å². The highest BCUT2D eigenvalue weighted by Gasteiger charge is 2.12. The van der Waals surface area contributed by atoms with E-state index in [1.54, 1.807) is 24.3 Å². The molecule has 0 spiro atoms. The predicted molar refractivity (Wildman–Crippen MR) is 82.5 cm³/mol. The molecule has 0 saturated heterocycles. The summed E-state index contributed by atoms with van der Waals surface area (Å²) in [5.74, 6) is 0.245. The molecule has 0 aliphatic carbocycles. The van der Waals surface area contributed by atoms with Crippen molar-refractivity contribution in [1.82, 2.24) is 0 Å². The first-order chi connectivity index (χ1) is 9.47. The van der Waals surface area contributed by atoms with Crippen LogP contribution in [-0.2, 0) is 0 Å². The molecule has 0 unspecified atom stereocenters. The minimum atomic E-state index is -0.232. The Morgan fingerprint density at radius 1 is 1.05 bits per heavy atom. The van der Waals surface area contributed by atoms with E-state index in [1.165, 1.54) is 6.07 Å². The molecule has 0 N–H and O–H groups in total. The summed E-state index contributed by atoms with van der Waals surface area (Å²) in [6.07, 6.45) is 0. The van der Waals surface area contributed by atoms with E-state index in [0.29, 0.717) is 26.4 Å². The van der Waals surface area contributed by atoms with Gasteiger partial charge in [-0.2, -0.15) is 0 Å². The quantitative estimate of drug-likeness (QED) is 0.719. The number of ketones is 1. The van der Waals surface area contributed by atoms with Crippen molar-refractivity contribution in [1.29, 1.82) is 0 Å². The van der Waals surface area contributed by atoms with E-state index in [1.807, 2.05) is 13.0 Å². The van der Waals surface area contributed by atoms with Gasteiger partial charge in [0.2, 0.25) is 5.78 Å². The van der Waals surface area contributed by atoms with Crippen LogP contribution in [0.25, 0.3) is 0 Å². The maximum atomic E-state index is 12.1. The number of rotatable bonds is 4. The van der Waals surface area contributed by atoms with Crippen LogP contribution >= 0.6 is 34.8 Å². The first kappa shape index (κ1) is 15.2. The standard InChI is InChI=1S/C15H11Cl3O2/c1-9-2-5-12(17)15(6-9)20-8-14(19)11-4-3-10(16)7-13(11)18/h2-7H,8H2,1H3. The number of aryl methyl sites for hydroxylation is 1. The molecule has 0 atom stereocenters. The molecular formula is C15H11Cl3O2. The van der Waals surface area contributed by atoms with Crippen molar-refractivity contribution in [2.45, 2.75) is 6.92 Å². The van der Waals surface area contributed by atoms with Crippen molar-refractivity contribution in [2.75, 3.05) is 6.61 Å². The van der Waals surface area contributed by atoms with Crippen LogP contribution in [0.1, 0.15) is 15.9 Å². The SMILES string of the molecule is Cc1ccc(Cl)c(OCC(=O)c2ccc(Cl)cc2Cl)c1. The Balaban J connectivity index is 2.10. The Kier molecular flexibility index (Phi) is 4.92. The van der Waals surface area contributed by atoms with Gasteiger partial charge in [0.05, 0.1) is 10.0 Å². The molecule has 0 heterocycles. The molecule has 0 saturated carbocycles. The number of benzene rings is 2. The van der Waals surface area contributed by atoms with Gasteiger partial charge in [-0.1, -0.05) is 40.9 Å². The van der Waals surface area contributed by atoms with E-state index >= 15 is 0 Å². The Morgan fingerprint density at radius 3 is 2.50 bits per heavy atom. The number of hydrogen-bond acceptors (Lipinski definition) is 2. The molecule has 0 radical (unpaired) electrons. The largest absolute Gasteiger partial charge is 0.484 e. The molecule has 0 bridgehead atoms. The van der Waals surface area contributed by atoms with Crippen LogP contribution in [0.4, 0.5) is 0 Å². The third kappa shape index (κ3) is 3.66. The van der Waals surface area contributed by atoms with Crippen LogP contribution in [0.5, 0.6) is 5.75 Å². The first-order valence-corrected chi connectivity index (χ1v) is 6.98. The van der Waals surface area contributed by atoms with Gasteiger partial charge in [0.1, 0.15) is 5.75 Å². The van der Waals surface area contributed by atoms with Crippen molar-refractivity contribution in [2.24, 2.45) is 0 Å². The third-order valence-corrected chi connectivity index (χ3v) is 3.54. The third-order valence-electron chi connectivity index (χ3n) is 2.68. The fourth-order valence-electron chi connectivity index (χ4n) is 1.66. The highest BCUT2D eigenvalue weighted by Crippen LogP contribution is 2.26. The summed E-state index contributed by atoms with van der Waals surface area (Å²) in [6.45, 7) is 1.78. The molecule has 5 heteroatoms. The van der Waals surface area contributed by atoms with E-state index in [9.17, 15) is 4.79 Å². The Morgan fingerprint density at radius 2 is 1.80 bits per heavy atom. The number of Topliss-reactive ketones (excluding diaryl/α,β-unsaturated/α-hetero) is 1. The Bertz CT molecular complexity index is 654. The second-order valence-electron chi connectivity index (χ2n) is 4.27. The number of halogens is 3. The number of carbonyl (C=O) groups is 1. The van der Waals surface area contributed by atoms with Gasteiger partial charge in [0.15, 0.2) is 6.61 Å². The topological polar surface area (TPSA) is 26.3 Å². The van der Waals surface area contributed by atoms with Crippen LogP contribution in [0, 0.1) is 6.92 Å². The number of hydrogen-bond donors (Lipinski definition) is 0. The normalized spacial score (nSPS) is 10.4.